The van der Waals surface area contributed by atoms with Crippen molar-refractivity contribution in [1.29, 1.82) is 0 Å². The first-order chi connectivity index (χ1) is 14.3. The average Bonchev–Trinajstić information content (AvgIpc) is 3.13. The minimum Gasteiger partial charge on any atom is -0.340 e. The number of thiophene rings is 1. The highest BCUT2D eigenvalue weighted by Crippen LogP contribution is 2.37. The number of benzene rings is 2. The van der Waals surface area contributed by atoms with Gasteiger partial charge in [-0.25, -0.2) is 23.1 Å². The molecule has 0 unspecified atom stereocenters. The van der Waals surface area contributed by atoms with Crippen LogP contribution in [0.5, 0.6) is 0 Å². The third kappa shape index (κ3) is 4.03. The van der Waals surface area contributed by atoms with Crippen LogP contribution in [0.3, 0.4) is 0 Å². The van der Waals surface area contributed by atoms with Crippen molar-refractivity contribution >= 4 is 49.0 Å². The van der Waals surface area contributed by atoms with Crippen LogP contribution in [0.1, 0.15) is 12.5 Å². The van der Waals surface area contributed by atoms with Crippen molar-refractivity contribution < 1.29 is 13.2 Å². The highest BCUT2D eigenvalue weighted by molar-refractivity contribution is 7.90. The molecular weight excluding hydrogens is 420 g/mol. The number of carbonyl (C=O) groups excluding carboxylic acids is 1. The molecule has 2 heterocycles. The van der Waals surface area contributed by atoms with Crippen LogP contribution in [0.4, 0.5) is 11.5 Å². The molecule has 0 saturated carbocycles. The maximum atomic E-state index is 12.1. The predicted molar refractivity (Wildman–Crippen MR) is 118 cm³/mol. The summed E-state index contributed by atoms with van der Waals surface area (Å²) >= 11 is 1.54. The van der Waals surface area contributed by atoms with Gasteiger partial charge in [-0.1, -0.05) is 29.8 Å². The van der Waals surface area contributed by atoms with Crippen LogP contribution in [0.2, 0.25) is 0 Å². The average molecular weight is 439 g/mol. The van der Waals surface area contributed by atoms with Crippen LogP contribution < -0.4 is 10.0 Å². The first-order valence-electron chi connectivity index (χ1n) is 9.03. The number of hydrogen-bond acceptors (Lipinski definition) is 7. The second-order valence-corrected chi connectivity index (χ2v) is 9.27. The van der Waals surface area contributed by atoms with Crippen molar-refractivity contribution in [3.63, 3.8) is 0 Å². The zero-order chi connectivity index (χ0) is 21.3. The third-order valence-corrected chi connectivity index (χ3v) is 6.77. The third-order valence-electron chi connectivity index (χ3n) is 4.44. The van der Waals surface area contributed by atoms with Gasteiger partial charge >= 0.3 is 0 Å². The SMILES string of the molecule is CC(=O)NS(=O)(=O)c1ccc(Nc2ncnc3scc(-c4ccc(C)cc4)c23)cc1. The van der Waals surface area contributed by atoms with Gasteiger partial charge in [0.05, 0.1) is 10.3 Å². The molecular formula is C21H18N4O3S2. The number of aryl methyl sites for hydroxylation is 1. The number of sulfonamides is 1. The van der Waals surface area contributed by atoms with Crippen molar-refractivity contribution in [2.45, 2.75) is 18.7 Å². The summed E-state index contributed by atoms with van der Waals surface area (Å²) in [5.41, 5.74) is 3.95. The van der Waals surface area contributed by atoms with Crippen LogP contribution in [0, 0.1) is 6.92 Å². The Morgan fingerprint density at radius 2 is 1.70 bits per heavy atom. The second-order valence-electron chi connectivity index (χ2n) is 6.73. The van der Waals surface area contributed by atoms with E-state index in [1.165, 1.54) is 35.4 Å². The molecule has 152 valence electrons. The Hall–Kier alpha value is -3.30. The maximum absolute atomic E-state index is 12.1. The fourth-order valence-electron chi connectivity index (χ4n) is 3.02. The Morgan fingerprint density at radius 1 is 1.00 bits per heavy atom. The number of rotatable bonds is 5. The van der Waals surface area contributed by atoms with Crippen LogP contribution in [0.25, 0.3) is 21.3 Å². The predicted octanol–water partition coefficient (Wildman–Crippen LogP) is 4.24. The van der Waals surface area contributed by atoms with E-state index < -0.39 is 15.9 Å². The normalized spacial score (nSPS) is 11.4. The Kier molecular flexibility index (Phi) is 5.23. The van der Waals surface area contributed by atoms with Gasteiger partial charge in [0, 0.05) is 23.6 Å². The van der Waals surface area contributed by atoms with E-state index in [9.17, 15) is 13.2 Å². The van der Waals surface area contributed by atoms with E-state index in [2.05, 4.69) is 44.9 Å². The monoisotopic (exact) mass is 438 g/mol. The van der Waals surface area contributed by atoms with Crippen molar-refractivity contribution in [2.24, 2.45) is 0 Å². The van der Waals surface area contributed by atoms with E-state index in [0.29, 0.717) is 11.5 Å². The van der Waals surface area contributed by atoms with E-state index in [-0.39, 0.29) is 4.90 Å². The van der Waals surface area contributed by atoms with Gasteiger partial charge in [-0.2, -0.15) is 0 Å². The van der Waals surface area contributed by atoms with E-state index in [0.717, 1.165) is 28.3 Å². The second kappa shape index (κ2) is 7.85. The largest absolute Gasteiger partial charge is 0.340 e. The summed E-state index contributed by atoms with van der Waals surface area (Å²) in [5.74, 6) is -0.00374. The fourth-order valence-corrected chi connectivity index (χ4v) is 4.92. The zero-order valence-electron chi connectivity index (χ0n) is 16.2. The topological polar surface area (TPSA) is 101 Å². The molecule has 0 aliphatic heterocycles. The van der Waals surface area contributed by atoms with Gasteiger partial charge in [0.2, 0.25) is 5.91 Å². The number of amides is 1. The molecule has 0 fully saturated rings. The summed E-state index contributed by atoms with van der Waals surface area (Å²) in [6.07, 6.45) is 1.50. The molecule has 0 aliphatic carbocycles. The van der Waals surface area contributed by atoms with Crippen LogP contribution in [0.15, 0.2) is 65.1 Å². The van der Waals surface area contributed by atoms with Crippen molar-refractivity contribution in [3.05, 3.63) is 65.8 Å². The molecule has 1 amide bonds. The molecule has 2 aromatic heterocycles. The molecule has 0 bridgehead atoms. The summed E-state index contributed by atoms with van der Waals surface area (Å²) in [5, 5.41) is 6.21. The molecule has 2 aromatic carbocycles. The lowest BCUT2D eigenvalue weighted by molar-refractivity contribution is -0.117. The van der Waals surface area contributed by atoms with Crippen LogP contribution in [-0.4, -0.2) is 24.3 Å². The quantitative estimate of drug-likeness (QED) is 0.483. The molecule has 7 nitrogen and oxygen atoms in total. The van der Waals surface area contributed by atoms with Crippen molar-refractivity contribution in [3.8, 4) is 11.1 Å². The number of aromatic nitrogens is 2. The summed E-state index contributed by atoms with van der Waals surface area (Å²) < 4.78 is 26.2. The van der Waals surface area contributed by atoms with Gasteiger partial charge in [-0.3, -0.25) is 4.79 Å². The lowest BCUT2D eigenvalue weighted by atomic mass is 10.0. The Labute approximate surface area is 177 Å². The summed E-state index contributed by atoms with van der Waals surface area (Å²) in [7, 11) is -3.87. The van der Waals surface area contributed by atoms with E-state index in [1.54, 1.807) is 12.1 Å². The van der Waals surface area contributed by atoms with Crippen LogP contribution >= 0.6 is 11.3 Å². The van der Waals surface area contributed by atoms with Gasteiger partial charge in [0.1, 0.15) is 17.0 Å². The molecule has 4 aromatic rings. The summed E-state index contributed by atoms with van der Waals surface area (Å²) in [6.45, 7) is 3.20. The first kappa shape index (κ1) is 20.0. The standard InChI is InChI=1S/C21H18N4O3S2/c1-13-3-5-15(6-4-13)18-11-29-21-19(18)20(22-12-23-21)24-16-7-9-17(10-8-16)30(27,28)25-14(2)26/h3-12H,1-2H3,(H,25,26)(H,22,23,24). The summed E-state index contributed by atoms with van der Waals surface area (Å²) in [4.78, 5) is 20.7. The van der Waals surface area contributed by atoms with Gasteiger partial charge in [0.15, 0.2) is 0 Å². The molecule has 30 heavy (non-hydrogen) atoms. The smallest absolute Gasteiger partial charge is 0.264 e. The van der Waals surface area contributed by atoms with Crippen LogP contribution in [-0.2, 0) is 14.8 Å². The number of fused-ring (bicyclic) bond motifs is 1. The molecule has 0 atom stereocenters. The van der Waals surface area contributed by atoms with E-state index in [4.69, 9.17) is 0 Å². The lowest BCUT2D eigenvalue weighted by Gasteiger charge is -2.10. The minimum absolute atomic E-state index is 0.00645. The highest BCUT2D eigenvalue weighted by Gasteiger charge is 2.16. The van der Waals surface area contributed by atoms with Gasteiger partial charge in [0.25, 0.3) is 10.0 Å². The Morgan fingerprint density at radius 3 is 2.37 bits per heavy atom. The van der Waals surface area contributed by atoms with Gasteiger partial charge in [-0.15, -0.1) is 11.3 Å². The number of anilines is 2. The number of nitrogens with one attached hydrogen (secondary N) is 2. The Bertz CT molecular complexity index is 1330. The molecule has 9 heteroatoms. The molecule has 0 saturated heterocycles. The summed E-state index contributed by atoms with van der Waals surface area (Å²) in [6, 6.07) is 14.4. The first-order valence-corrected chi connectivity index (χ1v) is 11.4. The number of nitrogens with zero attached hydrogens (tertiary/aromatic N) is 2. The molecule has 4 rings (SSSR count). The fraction of sp³-hybridized carbons (Fsp3) is 0.0952. The number of carbonyl (C=O) groups is 1. The molecule has 0 aliphatic rings. The van der Waals surface area contributed by atoms with Gasteiger partial charge in [-0.05, 0) is 36.8 Å². The molecule has 0 spiro atoms. The maximum Gasteiger partial charge on any atom is 0.264 e. The molecule has 0 radical (unpaired) electrons. The van der Waals surface area contributed by atoms with Crippen molar-refractivity contribution in [1.82, 2.24) is 14.7 Å². The molecule has 2 N–H and O–H groups in total. The van der Waals surface area contributed by atoms with Crippen molar-refractivity contribution in [2.75, 3.05) is 5.32 Å². The van der Waals surface area contributed by atoms with E-state index in [1.807, 2.05) is 11.6 Å². The zero-order valence-corrected chi connectivity index (χ0v) is 17.8. The highest BCUT2D eigenvalue weighted by atomic mass is 32.2. The number of hydrogen-bond donors (Lipinski definition) is 2. The van der Waals surface area contributed by atoms with Gasteiger partial charge < -0.3 is 5.32 Å². The minimum atomic E-state index is -3.87. The Balaban J connectivity index is 1.68. The van der Waals surface area contributed by atoms with E-state index >= 15 is 0 Å². The lowest BCUT2D eigenvalue weighted by Crippen LogP contribution is -2.28.